The fraction of sp³-hybridized carbons (Fsp3) is 0.375. The molecule has 0 spiro atoms. The molecule has 0 aliphatic rings. The van der Waals surface area contributed by atoms with Gasteiger partial charge in [-0.3, -0.25) is 0 Å². The molecule has 0 aliphatic heterocycles. The fourth-order valence-corrected chi connectivity index (χ4v) is 0.903. The molecule has 1 heterocycles. The van der Waals surface area contributed by atoms with E-state index in [0.29, 0.717) is 5.88 Å². The van der Waals surface area contributed by atoms with Crippen LogP contribution in [0.5, 0.6) is 0 Å². The second-order valence-electron chi connectivity index (χ2n) is 2.33. The highest BCUT2D eigenvalue weighted by molar-refractivity contribution is 6.18. The van der Waals surface area contributed by atoms with E-state index < -0.39 is 0 Å². The number of halogens is 1. The Labute approximate surface area is 71.6 Å². The molecule has 0 atom stereocenters. The lowest BCUT2D eigenvalue weighted by atomic mass is 10.3. The van der Waals surface area contributed by atoms with Crippen molar-refractivity contribution in [2.24, 2.45) is 0 Å². The average molecular weight is 171 g/mol. The number of alkyl halides is 1. The monoisotopic (exact) mass is 170 g/mol. The van der Waals surface area contributed by atoms with E-state index in [-0.39, 0.29) is 0 Å². The Bertz CT molecular complexity index is 225. The van der Waals surface area contributed by atoms with E-state index in [1.165, 1.54) is 5.56 Å². The van der Waals surface area contributed by atoms with Crippen LogP contribution in [0.1, 0.15) is 5.56 Å². The molecule has 60 valence electrons. The number of aryl methyl sites for hydroxylation is 1. The van der Waals surface area contributed by atoms with E-state index in [1.54, 1.807) is 6.20 Å². The standard InChI is InChI=1S/C8H11ClN2/c1-7-2-4-10-8(6-7)11-5-3-9/h2,4,6H,3,5H2,1H3,(H,10,11). The molecule has 1 rings (SSSR count). The third-order valence-corrected chi connectivity index (χ3v) is 1.51. The number of anilines is 1. The van der Waals surface area contributed by atoms with Crippen molar-refractivity contribution in [3.63, 3.8) is 0 Å². The molecule has 11 heavy (non-hydrogen) atoms. The quantitative estimate of drug-likeness (QED) is 0.703. The van der Waals surface area contributed by atoms with E-state index in [0.717, 1.165) is 12.4 Å². The van der Waals surface area contributed by atoms with Gasteiger partial charge in [-0.1, -0.05) is 0 Å². The summed E-state index contributed by atoms with van der Waals surface area (Å²) in [6.07, 6.45) is 1.78. The molecule has 0 fully saturated rings. The molecule has 0 unspecified atom stereocenters. The third kappa shape index (κ3) is 2.76. The van der Waals surface area contributed by atoms with Gasteiger partial charge in [0.05, 0.1) is 0 Å². The molecular formula is C8H11ClN2. The summed E-state index contributed by atoms with van der Waals surface area (Å²) in [6.45, 7) is 2.80. The highest BCUT2D eigenvalue weighted by Crippen LogP contribution is 2.04. The van der Waals surface area contributed by atoms with Crippen molar-refractivity contribution in [3.8, 4) is 0 Å². The molecular weight excluding hydrogens is 160 g/mol. The Morgan fingerprint density at radius 3 is 3.09 bits per heavy atom. The smallest absolute Gasteiger partial charge is 0.126 e. The normalized spacial score (nSPS) is 9.64. The van der Waals surface area contributed by atoms with Gasteiger partial charge in [-0.25, -0.2) is 4.98 Å². The lowest BCUT2D eigenvalue weighted by molar-refractivity contribution is 1.16. The van der Waals surface area contributed by atoms with Crippen LogP contribution in [0.15, 0.2) is 18.3 Å². The molecule has 0 aromatic carbocycles. The van der Waals surface area contributed by atoms with Crippen LogP contribution in [-0.2, 0) is 0 Å². The number of hydrogen-bond donors (Lipinski definition) is 1. The van der Waals surface area contributed by atoms with Gasteiger partial charge in [0.1, 0.15) is 5.82 Å². The average Bonchev–Trinajstić information content (AvgIpc) is 2.01. The topological polar surface area (TPSA) is 24.9 Å². The molecule has 0 radical (unpaired) electrons. The van der Waals surface area contributed by atoms with E-state index in [1.807, 2.05) is 19.1 Å². The molecule has 3 heteroatoms. The number of pyridine rings is 1. The van der Waals surface area contributed by atoms with Crippen LogP contribution in [0.4, 0.5) is 5.82 Å². The van der Waals surface area contributed by atoms with Crippen LogP contribution in [0.2, 0.25) is 0 Å². The van der Waals surface area contributed by atoms with Gasteiger partial charge in [0.2, 0.25) is 0 Å². The molecule has 0 amide bonds. The fourth-order valence-electron chi connectivity index (χ4n) is 0.808. The third-order valence-electron chi connectivity index (χ3n) is 1.32. The summed E-state index contributed by atoms with van der Waals surface area (Å²) in [7, 11) is 0. The second-order valence-corrected chi connectivity index (χ2v) is 2.71. The van der Waals surface area contributed by atoms with Gasteiger partial charge >= 0.3 is 0 Å². The Hall–Kier alpha value is -0.760. The zero-order chi connectivity index (χ0) is 8.10. The minimum Gasteiger partial charge on any atom is -0.369 e. The van der Waals surface area contributed by atoms with Crippen LogP contribution in [-0.4, -0.2) is 17.4 Å². The molecule has 0 bridgehead atoms. The maximum atomic E-state index is 5.50. The van der Waals surface area contributed by atoms with Crippen molar-refractivity contribution in [1.82, 2.24) is 4.98 Å². The summed E-state index contributed by atoms with van der Waals surface area (Å²) < 4.78 is 0. The molecule has 2 nitrogen and oxygen atoms in total. The van der Waals surface area contributed by atoms with Crippen molar-refractivity contribution in [3.05, 3.63) is 23.9 Å². The zero-order valence-corrected chi connectivity index (χ0v) is 7.23. The summed E-state index contributed by atoms with van der Waals surface area (Å²) >= 11 is 5.50. The summed E-state index contributed by atoms with van der Waals surface area (Å²) in [6, 6.07) is 3.96. The number of hydrogen-bond acceptors (Lipinski definition) is 2. The van der Waals surface area contributed by atoms with Crippen molar-refractivity contribution in [1.29, 1.82) is 0 Å². The number of aromatic nitrogens is 1. The minimum atomic E-state index is 0.607. The van der Waals surface area contributed by atoms with Gasteiger partial charge in [-0.05, 0) is 24.6 Å². The SMILES string of the molecule is Cc1ccnc(NCCCl)c1. The first kappa shape index (κ1) is 8.34. The molecule has 1 aromatic rings. The number of rotatable bonds is 3. The van der Waals surface area contributed by atoms with Crippen molar-refractivity contribution < 1.29 is 0 Å². The van der Waals surface area contributed by atoms with Gasteiger partial charge in [-0.2, -0.15) is 0 Å². The van der Waals surface area contributed by atoms with E-state index >= 15 is 0 Å². The highest BCUT2D eigenvalue weighted by atomic mass is 35.5. The first-order valence-corrected chi connectivity index (χ1v) is 4.09. The maximum absolute atomic E-state index is 5.50. The van der Waals surface area contributed by atoms with Gasteiger partial charge in [0, 0.05) is 18.6 Å². The lowest BCUT2D eigenvalue weighted by Gasteiger charge is -2.02. The Kier molecular flexibility index (Phi) is 3.17. The highest BCUT2D eigenvalue weighted by Gasteiger charge is 1.90. The number of nitrogens with one attached hydrogen (secondary N) is 1. The first-order chi connectivity index (χ1) is 5.33. The summed E-state index contributed by atoms with van der Waals surface area (Å²) in [4.78, 5) is 4.11. The summed E-state index contributed by atoms with van der Waals surface area (Å²) in [5.74, 6) is 1.50. The van der Waals surface area contributed by atoms with Crippen molar-refractivity contribution in [2.75, 3.05) is 17.7 Å². The van der Waals surface area contributed by atoms with Gasteiger partial charge < -0.3 is 5.32 Å². The molecule has 0 saturated heterocycles. The van der Waals surface area contributed by atoms with Gasteiger partial charge in [-0.15, -0.1) is 11.6 Å². The van der Waals surface area contributed by atoms with Gasteiger partial charge in [0.25, 0.3) is 0 Å². The Balaban J connectivity index is 2.56. The Morgan fingerprint density at radius 1 is 1.64 bits per heavy atom. The number of nitrogens with zero attached hydrogens (tertiary/aromatic N) is 1. The van der Waals surface area contributed by atoms with Crippen molar-refractivity contribution >= 4 is 17.4 Å². The summed E-state index contributed by atoms with van der Waals surface area (Å²) in [5, 5.41) is 3.09. The van der Waals surface area contributed by atoms with E-state index in [4.69, 9.17) is 11.6 Å². The van der Waals surface area contributed by atoms with Crippen LogP contribution in [0, 0.1) is 6.92 Å². The van der Waals surface area contributed by atoms with Crippen LogP contribution in [0.3, 0.4) is 0 Å². The van der Waals surface area contributed by atoms with E-state index in [9.17, 15) is 0 Å². The molecule has 1 aromatic heterocycles. The van der Waals surface area contributed by atoms with Crippen molar-refractivity contribution in [2.45, 2.75) is 6.92 Å². The van der Waals surface area contributed by atoms with Crippen LogP contribution < -0.4 is 5.32 Å². The largest absolute Gasteiger partial charge is 0.369 e. The summed E-state index contributed by atoms with van der Waals surface area (Å²) in [5.41, 5.74) is 1.21. The maximum Gasteiger partial charge on any atom is 0.126 e. The predicted molar refractivity (Wildman–Crippen MR) is 48.2 cm³/mol. The molecule has 0 aliphatic carbocycles. The lowest BCUT2D eigenvalue weighted by Crippen LogP contribution is -2.03. The molecule has 1 N–H and O–H groups in total. The minimum absolute atomic E-state index is 0.607. The van der Waals surface area contributed by atoms with Crippen LogP contribution in [0.25, 0.3) is 0 Å². The predicted octanol–water partition coefficient (Wildman–Crippen LogP) is 2.04. The van der Waals surface area contributed by atoms with Crippen LogP contribution >= 0.6 is 11.6 Å². The zero-order valence-electron chi connectivity index (χ0n) is 6.47. The Morgan fingerprint density at radius 2 is 2.45 bits per heavy atom. The van der Waals surface area contributed by atoms with Gasteiger partial charge in [0.15, 0.2) is 0 Å². The van der Waals surface area contributed by atoms with E-state index in [2.05, 4.69) is 10.3 Å². The first-order valence-electron chi connectivity index (χ1n) is 3.55. The molecule has 0 saturated carbocycles. The second kappa shape index (κ2) is 4.19.